The summed E-state index contributed by atoms with van der Waals surface area (Å²) < 4.78 is 18.9. The van der Waals surface area contributed by atoms with E-state index in [1.165, 1.54) is 24.3 Å². The molecule has 9 heteroatoms. The molecule has 3 atom stereocenters. The molecule has 1 aromatic heterocycles. The van der Waals surface area contributed by atoms with Crippen molar-refractivity contribution < 1.29 is 18.7 Å². The maximum atomic E-state index is 13.0. The van der Waals surface area contributed by atoms with Gasteiger partial charge in [0, 0.05) is 44.0 Å². The summed E-state index contributed by atoms with van der Waals surface area (Å²) >= 11 is 0. The van der Waals surface area contributed by atoms with Crippen molar-refractivity contribution in [2.24, 2.45) is 5.92 Å². The molecule has 1 N–H and O–H groups in total. The first-order valence-electron chi connectivity index (χ1n) is 8.97. The Hall–Kier alpha value is -3.23. The number of hydrogen-bond donors (Lipinski definition) is 1. The van der Waals surface area contributed by atoms with Crippen LogP contribution in [0.1, 0.15) is 5.82 Å². The molecule has 2 saturated heterocycles. The lowest BCUT2D eigenvalue weighted by molar-refractivity contribution is -0.133. The minimum Gasteiger partial charge on any atom is -0.464 e. The van der Waals surface area contributed by atoms with Gasteiger partial charge in [0.2, 0.25) is 5.88 Å². The summed E-state index contributed by atoms with van der Waals surface area (Å²) in [5.74, 6) is 0.249. The molecule has 0 saturated carbocycles. The summed E-state index contributed by atoms with van der Waals surface area (Å²) in [7, 11) is 1.72. The highest BCUT2D eigenvalue weighted by Crippen LogP contribution is 2.34. The Morgan fingerprint density at radius 1 is 1.25 bits per heavy atom. The normalized spacial score (nSPS) is 23.7. The molecule has 8 nitrogen and oxygen atoms in total. The molecule has 3 heterocycles. The molecule has 146 valence electrons. The topological polar surface area (TPSA) is 87.7 Å². The van der Waals surface area contributed by atoms with Gasteiger partial charge in [0.1, 0.15) is 11.6 Å². The fraction of sp³-hybridized carbons (Fsp3) is 0.368. The van der Waals surface area contributed by atoms with Crippen LogP contribution in [0.25, 0.3) is 0 Å². The van der Waals surface area contributed by atoms with E-state index in [2.05, 4.69) is 15.3 Å². The number of halogens is 1. The second-order valence-electron chi connectivity index (χ2n) is 7.00. The highest BCUT2D eigenvalue weighted by molar-refractivity contribution is 5.90. The Bertz CT molecular complexity index is 907. The molecule has 4 rings (SSSR count). The van der Waals surface area contributed by atoms with Crippen LogP contribution in [0.4, 0.5) is 14.9 Å². The fourth-order valence-corrected chi connectivity index (χ4v) is 3.74. The van der Waals surface area contributed by atoms with Gasteiger partial charge in [-0.1, -0.05) is 0 Å². The number of urea groups is 1. The van der Waals surface area contributed by atoms with Gasteiger partial charge in [-0.3, -0.25) is 4.79 Å². The monoisotopic (exact) mass is 385 g/mol. The van der Waals surface area contributed by atoms with Gasteiger partial charge in [-0.05, 0) is 31.2 Å². The Kier molecular flexibility index (Phi) is 4.58. The molecule has 28 heavy (non-hydrogen) atoms. The summed E-state index contributed by atoms with van der Waals surface area (Å²) in [4.78, 5) is 36.7. The third-order valence-corrected chi connectivity index (χ3v) is 5.19. The van der Waals surface area contributed by atoms with Gasteiger partial charge in [0.25, 0.3) is 5.91 Å². The van der Waals surface area contributed by atoms with E-state index in [-0.39, 0.29) is 29.7 Å². The second-order valence-corrected chi connectivity index (χ2v) is 7.00. The number of nitrogens with zero attached hydrogens (tertiary/aromatic N) is 4. The van der Waals surface area contributed by atoms with E-state index in [0.29, 0.717) is 30.5 Å². The van der Waals surface area contributed by atoms with Crippen molar-refractivity contribution in [2.45, 2.75) is 19.1 Å². The minimum atomic E-state index is -0.701. The number of aryl methyl sites for hydroxylation is 1. The van der Waals surface area contributed by atoms with Crippen molar-refractivity contribution in [1.29, 1.82) is 0 Å². The van der Waals surface area contributed by atoms with Crippen molar-refractivity contribution in [2.75, 3.05) is 25.5 Å². The Labute approximate surface area is 161 Å². The minimum absolute atomic E-state index is 0.121. The second kappa shape index (κ2) is 7.06. The summed E-state index contributed by atoms with van der Waals surface area (Å²) in [6.07, 6.45) is 0.878. The molecule has 3 amide bonds. The SMILES string of the molecule is Cc1nccc(O[C@@H]2C(=O)N(C)[C@@H]3CN(C(=O)Nc4ccc(F)cc4)C[C@H]23)n1. The molecular formula is C19H20FN5O3. The maximum Gasteiger partial charge on any atom is 0.321 e. The smallest absolute Gasteiger partial charge is 0.321 e. The van der Waals surface area contributed by atoms with E-state index in [1.54, 1.807) is 36.0 Å². The zero-order valence-corrected chi connectivity index (χ0v) is 15.5. The summed E-state index contributed by atoms with van der Waals surface area (Å²) in [6.45, 7) is 2.53. The van der Waals surface area contributed by atoms with Crippen LogP contribution in [0, 0.1) is 18.7 Å². The van der Waals surface area contributed by atoms with Crippen molar-refractivity contribution in [3.05, 3.63) is 48.2 Å². The molecule has 0 spiro atoms. The van der Waals surface area contributed by atoms with Crippen LogP contribution in [0.3, 0.4) is 0 Å². The predicted octanol–water partition coefficient (Wildman–Crippen LogP) is 1.68. The first-order chi connectivity index (χ1) is 13.4. The van der Waals surface area contributed by atoms with E-state index in [9.17, 15) is 14.0 Å². The number of anilines is 1. The number of likely N-dealkylation sites (tertiary alicyclic amines) is 2. The summed E-state index contributed by atoms with van der Waals surface area (Å²) in [5.41, 5.74) is 0.511. The molecule has 2 fully saturated rings. The molecule has 2 aromatic rings. The molecule has 2 aliphatic rings. The van der Waals surface area contributed by atoms with Crippen LogP contribution < -0.4 is 10.1 Å². The third kappa shape index (κ3) is 3.35. The van der Waals surface area contributed by atoms with Gasteiger partial charge in [-0.2, -0.15) is 4.98 Å². The van der Waals surface area contributed by atoms with Crippen molar-refractivity contribution in [3.63, 3.8) is 0 Å². The number of likely N-dealkylation sites (N-methyl/N-ethyl adjacent to an activating group) is 1. The van der Waals surface area contributed by atoms with Gasteiger partial charge in [-0.25, -0.2) is 14.2 Å². The fourth-order valence-electron chi connectivity index (χ4n) is 3.74. The number of ether oxygens (including phenoxy) is 1. The van der Waals surface area contributed by atoms with E-state index < -0.39 is 6.10 Å². The molecule has 0 unspecified atom stereocenters. The van der Waals surface area contributed by atoms with Crippen LogP contribution in [-0.4, -0.2) is 64.0 Å². The Balaban J connectivity index is 1.46. The number of nitrogens with one attached hydrogen (secondary N) is 1. The Morgan fingerprint density at radius 3 is 2.71 bits per heavy atom. The highest BCUT2D eigenvalue weighted by atomic mass is 19.1. The average molecular weight is 385 g/mol. The van der Waals surface area contributed by atoms with Gasteiger partial charge in [0.05, 0.1) is 6.04 Å². The van der Waals surface area contributed by atoms with Crippen LogP contribution >= 0.6 is 0 Å². The number of benzene rings is 1. The number of amides is 3. The molecule has 0 radical (unpaired) electrons. The van der Waals surface area contributed by atoms with Gasteiger partial charge in [-0.15, -0.1) is 0 Å². The number of carbonyl (C=O) groups excluding carboxylic acids is 2. The quantitative estimate of drug-likeness (QED) is 0.869. The van der Waals surface area contributed by atoms with Crippen LogP contribution in [0.15, 0.2) is 36.5 Å². The molecule has 0 bridgehead atoms. The third-order valence-electron chi connectivity index (χ3n) is 5.19. The molecular weight excluding hydrogens is 365 g/mol. The first kappa shape index (κ1) is 18.1. The van der Waals surface area contributed by atoms with E-state index in [4.69, 9.17) is 4.74 Å². The maximum absolute atomic E-state index is 13.0. The number of hydrogen-bond acceptors (Lipinski definition) is 5. The molecule has 0 aliphatic carbocycles. The molecule has 2 aliphatic heterocycles. The number of rotatable bonds is 3. The predicted molar refractivity (Wildman–Crippen MR) is 98.2 cm³/mol. The van der Waals surface area contributed by atoms with Crippen molar-refractivity contribution in [3.8, 4) is 5.88 Å². The summed E-state index contributed by atoms with van der Waals surface area (Å²) in [5, 5.41) is 2.75. The lowest BCUT2D eigenvalue weighted by Gasteiger charge is -2.22. The average Bonchev–Trinajstić information content (AvgIpc) is 3.19. The standard InChI is InChI=1S/C19H20FN5O3/c1-11-21-8-7-16(22-11)28-17-14-9-25(10-15(14)24(2)18(17)26)19(27)23-13-5-3-12(20)4-6-13/h3-8,14-15,17H,9-10H2,1-2H3,(H,23,27)/t14-,15+,17-/m0/s1. The number of fused-ring (bicyclic) bond motifs is 1. The van der Waals surface area contributed by atoms with E-state index in [0.717, 1.165) is 0 Å². The van der Waals surface area contributed by atoms with E-state index in [1.807, 2.05) is 0 Å². The number of carbonyl (C=O) groups is 2. The number of aromatic nitrogens is 2. The molecule has 1 aromatic carbocycles. The zero-order chi connectivity index (χ0) is 19.8. The van der Waals surface area contributed by atoms with E-state index >= 15 is 0 Å². The lowest BCUT2D eigenvalue weighted by atomic mass is 10.0. The Morgan fingerprint density at radius 2 is 2.00 bits per heavy atom. The summed E-state index contributed by atoms with van der Waals surface area (Å²) in [6, 6.07) is 6.77. The van der Waals surface area contributed by atoms with Crippen molar-refractivity contribution in [1.82, 2.24) is 19.8 Å². The van der Waals surface area contributed by atoms with Crippen LogP contribution in [0.5, 0.6) is 5.88 Å². The highest BCUT2D eigenvalue weighted by Gasteiger charge is 2.53. The first-order valence-corrected chi connectivity index (χ1v) is 8.97. The largest absolute Gasteiger partial charge is 0.464 e. The van der Waals surface area contributed by atoms with Crippen LogP contribution in [0.2, 0.25) is 0 Å². The van der Waals surface area contributed by atoms with Gasteiger partial charge >= 0.3 is 6.03 Å². The zero-order valence-electron chi connectivity index (χ0n) is 15.5. The van der Waals surface area contributed by atoms with Gasteiger partial charge in [0.15, 0.2) is 6.10 Å². The van der Waals surface area contributed by atoms with Crippen molar-refractivity contribution >= 4 is 17.6 Å². The van der Waals surface area contributed by atoms with Gasteiger partial charge < -0.3 is 19.9 Å². The van der Waals surface area contributed by atoms with Crippen LogP contribution in [-0.2, 0) is 4.79 Å². The lowest BCUT2D eigenvalue weighted by Crippen LogP contribution is -2.41.